The van der Waals surface area contributed by atoms with Crippen molar-refractivity contribution in [3.8, 4) is 11.3 Å². The first-order chi connectivity index (χ1) is 14.7. The maximum atomic E-state index is 12.5. The number of ether oxygens (including phenoxy) is 1. The van der Waals surface area contributed by atoms with Gasteiger partial charge in [-0.3, -0.25) is 9.78 Å². The van der Waals surface area contributed by atoms with Crippen molar-refractivity contribution in [2.75, 3.05) is 43.5 Å². The molecule has 2 saturated heterocycles. The second-order valence-corrected chi connectivity index (χ2v) is 8.22. The Morgan fingerprint density at radius 2 is 2.07 bits per heavy atom. The SMILES string of the molecule is O=C(Nc1cc(-c2cncc(NCC3CCOCC3)n2)c(Cl)cn1)[C@H]1CCCNC1. The second kappa shape index (κ2) is 10.1. The smallest absolute Gasteiger partial charge is 0.229 e. The number of pyridine rings is 1. The quantitative estimate of drug-likeness (QED) is 0.647. The number of aromatic nitrogens is 3. The Hall–Kier alpha value is -2.29. The van der Waals surface area contributed by atoms with Crippen LogP contribution in [0.25, 0.3) is 11.3 Å². The summed E-state index contributed by atoms with van der Waals surface area (Å²) in [6.07, 6.45) is 8.89. The van der Waals surface area contributed by atoms with E-state index in [2.05, 4.69) is 30.9 Å². The van der Waals surface area contributed by atoms with Crippen molar-refractivity contribution in [3.05, 3.63) is 29.7 Å². The average Bonchev–Trinajstić information content (AvgIpc) is 2.80. The van der Waals surface area contributed by atoms with Gasteiger partial charge in [0.15, 0.2) is 0 Å². The maximum Gasteiger partial charge on any atom is 0.229 e. The standard InChI is InChI=1S/C21H27ClN6O2/c22-17-11-26-19(28-21(29)15-2-1-5-23-10-15)8-16(17)18-12-24-13-20(27-18)25-9-14-3-6-30-7-4-14/h8,11-15,23H,1-7,9-10H2,(H,25,27)(H,26,28,29)/t15-/m0/s1. The van der Waals surface area contributed by atoms with E-state index in [4.69, 9.17) is 16.3 Å². The van der Waals surface area contributed by atoms with Crippen molar-refractivity contribution in [2.45, 2.75) is 25.7 Å². The molecule has 160 valence electrons. The summed E-state index contributed by atoms with van der Waals surface area (Å²) >= 11 is 6.38. The zero-order valence-corrected chi connectivity index (χ0v) is 17.6. The fourth-order valence-corrected chi connectivity index (χ4v) is 3.99. The molecule has 3 N–H and O–H groups in total. The molecule has 2 aliphatic rings. The van der Waals surface area contributed by atoms with Crippen LogP contribution in [0.1, 0.15) is 25.7 Å². The molecule has 0 bridgehead atoms. The molecule has 2 aromatic rings. The first kappa shape index (κ1) is 21.0. The van der Waals surface area contributed by atoms with Gasteiger partial charge in [-0.2, -0.15) is 0 Å². The van der Waals surface area contributed by atoms with Crippen molar-refractivity contribution < 1.29 is 9.53 Å². The van der Waals surface area contributed by atoms with Crippen LogP contribution in [0.5, 0.6) is 0 Å². The monoisotopic (exact) mass is 430 g/mol. The Balaban J connectivity index is 1.45. The summed E-state index contributed by atoms with van der Waals surface area (Å²) in [7, 11) is 0. The number of hydrogen-bond acceptors (Lipinski definition) is 7. The summed E-state index contributed by atoms with van der Waals surface area (Å²) in [5.41, 5.74) is 1.32. The van der Waals surface area contributed by atoms with E-state index in [-0.39, 0.29) is 11.8 Å². The minimum Gasteiger partial charge on any atom is -0.381 e. The van der Waals surface area contributed by atoms with Crippen LogP contribution < -0.4 is 16.0 Å². The summed E-state index contributed by atoms with van der Waals surface area (Å²) in [6, 6.07) is 1.75. The van der Waals surface area contributed by atoms with Gasteiger partial charge in [-0.15, -0.1) is 0 Å². The number of carbonyl (C=O) groups excluding carboxylic acids is 1. The van der Waals surface area contributed by atoms with E-state index < -0.39 is 0 Å². The van der Waals surface area contributed by atoms with Crippen molar-refractivity contribution in [1.82, 2.24) is 20.3 Å². The fourth-order valence-electron chi connectivity index (χ4n) is 3.79. The Kier molecular flexibility index (Phi) is 7.09. The van der Waals surface area contributed by atoms with Crippen LogP contribution in [0.2, 0.25) is 5.02 Å². The molecule has 8 nitrogen and oxygen atoms in total. The molecule has 30 heavy (non-hydrogen) atoms. The van der Waals surface area contributed by atoms with E-state index in [9.17, 15) is 4.79 Å². The maximum absolute atomic E-state index is 12.5. The predicted octanol–water partition coefficient (Wildman–Crippen LogP) is 2.97. The summed E-state index contributed by atoms with van der Waals surface area (Å²) in [5, 5.41) is 9.99. The van der Waals surface area contributed by atoms with Crippen molar-refractivity contribution in [3.63, 3.8) is 0 Å². The van der Waals surface area contributed by atoms with Crippen LogP contribution in [0.15, 0.2) is 24.7 Å². The molecule has 0 saturated carbocycles. The zero-order valence-electron chi connectivity index (χ0n) is 16.9. The Morgan fingerprint density at radius 1 is 1.20 bits per heavy atom. The third-order valence-corrected chi connectivity index (χ3v) is 5.90. The number of rotatable bonds is 6. The predicted molar refractivity (Wildman–Crippen MR) is 117 cm³/mol. The number of amides is 1. The molecule has 1 amide bonds. The molecule has 2 aliphatic heterocycles. The number of nitrogens with zero attached hydrogens (tertiary/aromatic N) is 3. The highest BCUT2D eigenvalue weighted by Gasteiger charge is 2.21. The van der Waals surface area contributed by atoms with Gasteiger partial charge in [-0.05, 0) is 44.2 Å². The van der Waals surface area contributed by atoms with Gasteiger partial charge >= 0.3 is 0 Å². The molecular formula is C21H27ClN6O2. The molecule has 0 aromatic carbocycles. The second-order valence-electron chi connectivity index (χ2n) is 7.81. The van der Waals surface area contributed by atoms with Gasteiger partial charge < -0.3 is 20.7 Å². The lowest BCUT2D eigenvalue weighted by Crippen LogP contribution is -2.37. The summed E-state index contributed by atoms with van der Waals surface area (Å²) in [6.45, 7) is 4.12. The van der Waals surface area contributed by atoms with Crippen molar-refractivity contribution >= 4 is 29.1 Å². The normalized spacial score (nSPS) is 20.0. The largest absolute Gasteiger partial charge is 0.381 e. The average molecular weight is 431 g/mol. The highest BCUT2D eigenvalue weighted by Crippen LogP contribution is 2.28. The Labute approximate surface area is 181 Å². The van der Waals surface area contributed by atoms with Gasteiger partial charge in [0.1, 0.15) is 11.6 Å². The van der Waals surface area contributed by atoms with Crippen LogP contribution in [-0.2, 0) is 9.53 Å². The van der Waals surface area contributed by atoms with E-state index in [0.717, 1.165) is 52.0 Å². The van der Waals surface area contributed by atoms with Crippen molar-refractivity contribution in [1.29, 1.82) is 0 Å². The highest BCUT2D eigenvalue weighted by atomic mass is 35.5. The summed E-state index contributed by atoms with van der Waals surface area (Å²) in [5.74, 6) is 1.67. The topological polar surface area (TPSA) is 101 Å². The number of carbonyl (C=O) groups is 1. The van der Waals surface area contributed by atoms with E-state index in [1.807, 2.05) is 0 Å². The van der Waals surface area contributed by atoms with Crippen LogP contribution in [0.3, 0.4) is 0 Å². The number of halogens is 1. The van der Waals surface area contributed by atoms with Crippen LogP contribution >= 0.6 is 11.6 Å². The van der Waals surface area contributed by atoms with Crippen molar-refractivity contribution in [2.24, 2.45) is 11.8 Å². The molecular weight excluding hydrogens is 404 g/mol. The molecule has 0 spiro atoms. The molecule has 2 aromatic heterocycles. The number of anilines is 2. The Bertz CT molecular complexity index is 868. The van der Waals surface area contributed by atoms with E-state index in [1.165, 1.54) is 6.20 Å². The van der Waals surface area contributed by atoms with E-state index in [1.54, 1.807) is 18.5 Å². The lowest BCUT2D eigenvalue weighted by molar-refractivity contribution is -0.120. The molecule has 0 unspecified atom stereocenters. The van der Waals surface area contributed by atoms with Crippen LogP contribution in [0, 0.1) is 11.8 Å². The Morgan fingerprint density at radius 3 is 2.87 bits per heavy atom. The summed E-state index contributed by atoms with van der Waals surface area (Å²) in [4.78, 5) is 25.7. The molecule has 0 radical (unpaired) electrons. The number of hydrogen-bond donors (Lipinski definition) is 3. The van der Waals surface area contributed by atoms with Gasteiger partial charge in [-0.25, -0.2) is 9.97 Å². The lowest BCUT2D eigenvalue weighted by Gasteiger charge is -2.22. The molecule has 0 aliphatic carbocycles. The third kappa shape index (κ3) is 5.44. The third-order valence-electron chi connectivity index (χ3n) is 5.60. The minimum atomic E-state index is -0.0443. The molecule has 4 rings (SSSR count). The molecule has 9 heteroatoms. The fraction of sp³-hybridized carbons (Fsp3) is 0.524. The summed E-state index contributed by atoms with van der Waals surface area (Å²) < 4.78 is 5.41. The van der Waals surface area contributed by atoms with E-state index >= 15 is 0 Å². The minimum absolute atomic E-state index is 0.0269. The molecule has 1 atom stereocenters. The first-order valence-electron chi connectivity index (χ1n) is 10.5. The number of nitrogens with one attached hydrogen (secondary N) is 3. The number of piperidine rings is 1. The van der Waals surface area contributed by atoms with Crippen LogP contribution in [-0.4, -0.2) is 53.7 Å². The van der Waals surface area contributed by atoms with Gasteiger partial charge in [-0.1, -0.05) is 11.6 Å². The first-order valence-corrected chi connectivity index (χ1v) is 10.9. The van der Waals surface area contributed by atoms with E-state index in [0.29, 0.717) is 40.4 Å². The van der Waals surface area contributed by atoms with Gasteiger partial charge in [0.05, 0.1) is 29.0 Å². The van der Waals surface area contributed by atoms with Gasteiger partial charge in [0, 0.05) is 38.1 Å². The van der Waals surface area contributed by atoms with Gasteiger partial charge in [0.25, 0.3) is 0 Å². The van der Waals surface area contributed by atoms with Crippen LogP contribution in [0.4, 0.5) is 11.6 Å². The molecule has 2 fully saturated rings. The zero-order chi connectivity index (χ0) is 20.8. The highest BCUT2D eigenvalue weighted by molar-refractivity contribution is 6.33. The lowest BCUT2D eigenvalue weighted by atomic mass is 9.99. The van der Waals surface area contributed by atoms with Gasteiger partial charge in [0.2, 0.25) is 5.91 Å². The molecule has 4 heterocycles.